The van der Waals surface area contributed by atoms with Gasteiger partial charge in [0.25, 0.3) is 0 Å². The third-order valence-corrected chi connectivity index (χ3v) is 5.18. The molecule has 0 bridgehead atoms. The van der Waals surface area contributed by atoms with Crippen LogP contribution in [-0.4, -0.2) is 31.0 Å². The number of benzene rings is 2. The second kappa shape index (κ2) is 10.6. The van der Waals surface area contributed by atoms with E-state index in [2.05, 4.69) is 44.8 Å². The van der Waals surface area contributed by atoms with Crippen LogP contribution in [0.1, 0.15) is 41.5 Å². The summed E-state index contributed by atoms with van der Waals surface area (Å²) in [7, 11) is 1.68. The first-order chi connectivity index (χ1) is 14.2. The lowest BCUT2D eigenvalue weighted by Crippen LogP contribution is -2.36. The summed E-state index contributed by atoms with van der Waals surface area (Å²) >= 11 is 0. The van der Waals surface area contributed by atoms with Crippen LogP contribution in [0, 0.1) is 17.1 Å². The molecule has 2 N–H and O–H groups in total. The molecular formula is C23H28FN5. The van der Waals surface area contributed by atoms with Crippen molar-refractivity contribution in [3.8, 4) is 6.07 Å². The molecule has 1 heterocycles. The van der Waals surface area contributed by atoms with Crippen LogP contribution in [0.15, 0.2) is 47.5 Å². The van der Waals surface area contributed by atoms with Crippen molar-refractivity contribution >= 4 is 5.96 Å². The average Bonchev–Trinajstić information content (AvgIpc) is 2.76. The van der Waals surface area contributed by atoms with Crippen LogP contribution < -0.4 is 10.6 Å². The van der Waals surface area contributed by atoms with Gasteiger partial charge in [0.05, 0.1) is 11.6 Å². The Labute approximate surface area is 172 Å². The van der Waals surface area contributed by atoms with E-state index < -0.39 is 0 Å². The predicted octanol–water partition coefficient (Wildman–Crippen LogP) is 3.55. The fourth-order valence-corrected chi connectivity index (χ4v) is 3.50. The van der Waals surface area contributed by atoms with E-state index in [0.29, 0.717) is 23.6 Å². The molecule has 0 aliphatic carbocycles. The maximum atomic E-state index is 13.9. The Bertz CT molecular complexity index is 864. The quantitative estimate of drug-likeness (QED) is 0.582. The zero-order valence-corrected chi connectivity index (χ0v) is 16.9. The number of aliphatic imine (C=N–C) groups is 1. The van der Waals surface area contributed by atoms with Crippen LogP contribution in [0.25, 0.3) is 0 Å². The summed E-state index contributed by atoms with van der Waals surface area (Å²) in [6, 6.07) is 15.0. The van der Waals surface area contributed by atoms with Crippen LogP contribution >= 0.6 is 0 Å². The molecule has 0 unspecified atom stereocenters. The van der Waals surface area contributed by atoms with E-state index in [1.807, 2.05) is 6.07 Å². The van der Waals surface area contributed by atoms with E-state index in [1.165, 1.54) is 50.0 Å². The number of guanidine groups is 1. The SMILES string of the molecule is CN=C(NCc1ccc(CN2CCCCC2)cc1)NCc1cc(C#N)ccc1F. The fourth-order valence-electron chi connectivity index (χ4n) is 3.50. The minimum absolute atomic E-state index is 0.260. The maximum Gasteiger partial charge on any atom is 0.191 e. The second-order valence-corrected chi connectivity index (χ2v) is 7.35. The van der Waals surface area contributed by atoms with Crippen molar-refractivity contribution in [3.63, 3.8) is 0 Å². The van der Waals surface area contributed by atoms with Gasteiger partial charge in [-0.3, -0.25) is 9.89 Å². The minimum atomic E-state index is -0.337. The molecule has 1 fully saturated rings. The number of nitrogens with zero attached hydrogens (tertiary/aromatic N) is 3. The lowest BCUT2D eigenvalue weighted by Gasteiger charge is -2.26. The third kappa shape index (κ3) is 6.30. The highest BCUT2D eigenvalue weighted by molar-refractivity contribution is 5.79. The second-order valence-electron chi connectivity index (χ2n) is 7.35. The van der Waals surface area contributed by atoms with Crippen molar-refractivity contribution in [2.75, 3.05) is 20.1 Å². The van der Waals surface area contributed by atoms with Crippen LogP contribution in [0.4, 0.5) is 4.39 Å². The molecule has 5 nitrogen and oxygen atoms in total. The van der Waals surface area contributed by atoms with Crippen molar-refractivity contribution < 1.29 is 4.39 Å². The molecular weight excluding hydrogens is 365 g/mol. The molecule has 2 aromatic rings. The first-order valence-electron chi connectivity index (χ1n) is 10.1. The lowest BCUT2D eigenvalue weighted by atomic mass is 10.1. The Morgan fingerprint density at radius 3 is 2.41 bits per heavy atom. The topological polar surface area (TPSA) is 63.5 Å². The van der Waals surface area contributed by atoms with Gasteiger partial charge in [0.1, 0.15) is 5.82 Å². The smallest absolute Gasteiger partial charge is 0.191 e. The highest BCUT2D eigenvalue weighted by Gasteiger charge is 2.10. The summed E-state index contributed by atoms with van der Waals surface area (Å²) in [5.74, 6) is 0.250. The lowest BCUT2D eigenvalue weighted by molar-refractivity contribution is 0.221. The molecule has 1 aliphatic rings. The standard InChI is InChI=1S/C23H28FN5/c1-26-23(28-16-21-13-20(14-25)9-10-22(21)24)27-15-18-5-7-19(8-6-18)17-29-11-3-2-4-12-29/h5-10,13H,2-4,11-12,15-17H2,1H3,(H2,26,27,28). The van der Waals surface area contributed by atoms with E-state index in [0.717, 1.165) is 12.1 Å². The van der Waals surface area contributed by atoms with E-state index >= 15 is 0 Å². The number of nitrogens with one attached hydrogen (secondary N) is 2. The van der Waals surface area contributed by atoms with Crippen LogP contribution in [0.3, 0.4) is 0 Å². The first kappa shape index (κ1) is 20.8. The maximum absolute atomic E-state index is 13.9. The van der Waals surface area contributed by atoms with Gasteiger partial charge in [-0.25, -0.2) is 4.39 Å². The molecule has 0 radical (unpaired) electrons. The number of halogens is 1. The van der Waals surface area contributed by atoms with Crippen molar-refractivity contribution in [1.29, 1.82) is 5.26 Å². The van der Waals surface area contributed by atoms with Crippen molar-refractivity contribution in [2.24, 2.45) is 4.99 Å². The van der Waals surface area contributed by atoms with Gasteiger partial charge >= 0.3 is 0 Å². The Balaban J connectivity index is 1.48. The van der Waals surface area contributed by atoms with Gasteiger partial charge < -0.3 is 10.6 Å². The molecule has 0 aromatic heterocycles. The minimum Gasteiger partial charge on any atom is -0.352 e. The monoisotopic (exact) mass is 393 g/mol. The van der Waals surface area contributed by atoms with E-state index in [4.69, 9.17) is 5.26 Å². The highest BCUT2D eigenvalue weighted by Crippen LogP contribution is 2.14. The van der Waals surface area contributed by atoms with Gasteiger partial charge in [-0.05, 0) is 55.3 Å². The van der Waals surface area contributed by atoms with Crippen LogP contribution in [0.2, 0.25) is 0 Å². The fraction of sp³-hybridized carbons (Fsp3) is 0.391. The van der Waals surface area contributed by atoms with Gasteiger partial charge in [-0.2, -0.15) is 5.26 Å². The molecule has 0 spiro atoms. The van der Waals surface area contributed by atoms with Crippen molar-refractivity contribution in [2.45, 2.75) is 38.9 Å². The molecule has 0 saturated carbocycles. The van der Waals surface area contributed by atoms with Crippen LogP contribution in [-0.2, 0) is 19.6 Å². The molecule has 29 heavy (non-hydrogen) atoms. The molecule has 1 aliphatic heterocycles. The Hall–Kier alpha value is -2.91. The van der Waals surface area contributed by atoms with Crippen LogP contribution in [0.5, 0.6) is 0 Å². The summed E-state index contributed by atoms with van der Waals surface area (Å²) in [6.07, 6.45) is 3.96. The number of rotatable bonds is 6. The molecule has 2 aromatic carbocycles. The summed E-state index contributed by atoms with van der Waals surface area (Å²) in [6.45, 7) is 4.30. The zero-order valence-electron chi connectivity index (χ0n) is 16.9. The Kier molecular flexibility index (Phi) is 7.60. The third-order valence-electron chi connectivity index (χ3n) is 5.18. The van der Waals surface area contributed by atoms with Gasteiger partial charge in [-0.1, -0.05) is 30.7 Å². The Morgan fingerprint density at radius 2 is 1.72 bits per heavy atom. The summed E-state index contributed by atoms with van der Waals surface area (Å²) in [5.41, 5.74) is 3.38. The zero-order chi connectivity index (χ0) is 20.5. The summed E-state index contributed by atoms with van der Waals surface area (Å²) in [5, 5.41) is 15.3. The van der Waals surface area contributed by atoms with E-state index in [1.54, 1.807) is 13.1 Å². The van der Waals surface area contributed by atoms with Crippen molar-refractivity contribution in [1.82, 2.24) is 15.5 Å². The number of nitriles is 1. The van der Waals surface area contributed by atoms with Crippen molar-refractivity contribution in [3.05, 3.63) is 70.5 Å². The summed E-state index contributed by atoms with van der Waals surface area (Å²) < 4.78 is 13.9. The highest BCUT2D eigenvalue weighted by atomic mass is 19.1. The van der Waals surface area contributed by atoms with Gasteiger partial charge in [-0.15, -0.1) is 0 Å². The molecule has 0 amide bonds. The molecule has 3 rings (SSSR count). The normalized spacial score (nSPS) is 15.0. The van der Waals surface area contributed by atoms with Gasteiger partial charge in [0.2, 0.25) is 0 Å². The van der Waals surface area contributed by atoms with Gasteiger partial charge in [0, 0.05) is 32.2 Å². The predicted molar refractivity (Wildman–Crippen MR) is 114 cm³/mol. The number of piperidine rings is 1. The molecule has 6 heteroatoms. The average molecular weight is 394 g/mol. The first-order valence-corrected chi connectivity index (χ1v) is 10.1. The van der Waals surface area contributed by atoms with Gasteiger partial charge in [0.15, 0.2) is 5.96 Å². The number of likely N-dealkylation sites (tertiary alicyclic amines) is 1. The Morgan fingerprint density at radius 1 is 1.03 bits per heavy atom. The molecule has 1 saturated heterocycles. The van der Waals surface area contributed by atoms with E-state index in [-0.39, 0.29) is 12.4 Å². The largest absolute Gasteiger partial charge is 0.352 e. The number of hydrogen-bond donors (Lipinski definition) is 2. The summed E-state index contributed by atoms with van der Waals surface area (Å²) in [4.78, 5) is 6.70. The molecule has 152 valence electrons. The van der Waals surface area contributed by atoms with E-state index in [9.17, 15) is 4.39 Å². The number of hydrogen-bond acceptors (Lipinski definition) is 3. The molecule has 0 atom stereocenters.